The highest BCUT2D eigenvalue weighted by molar-refractivity contribution is 7.99. The van der Waals surface area contributed by atoms with Crippen molar-refractivity contribution in [2.75, 3.05) is 77.2 Å². The van der Waals surface area contributed by atoms with Gasteiger partial charge in [-0.3, -0.25) is 14.7 Å². The maximum Gasteiger partial charge on any atom is 0.0545 e. The predicted molar refractivity (Wildman–Crippen MR) is 168 cm³/mol. The lowest BCUT2D eigenvalue weighted by molar-refractivity contribution is -0.147. The van der Waals surface area contributed by atoms with Crippen molar-refractivity contribution in [2.45, 2.75) is 110 Å². The lowest BCUT2D eigenvalue weighted by Crippen LogP contribution is -2.59. The maximum atomic E-state index is 6.23. The van der Waals surface area contributed by atoms with Crippen molar-refractivity contribution in [2.24, 2.45) is 28.1 Å². The fraction of sp³-hybridized carbons (Fsp3) is 1.00. The molecule has 0 aromatic rings. The van der Waals surface area contributed by atoms with Crippen LogP contribution >= 0.6 is 11.8 Å². The van der Waals surface area contributed by atoms with Gasteiger partial charge in [0.1, 0.15) is 0 Å². The molecule has 0 amide bonds. The lowest BCUT2D eigenvalue weighted by Gasteiger charge is -2.55. The summed E-state index contributed by atoms with van der Waals surface area (Å²) in [7, 11) is 0. The van der Waals surface area contributed by atoms with Gasteiger partial charge in [0.05, 0.1) is 19.8 Å². The third-order valence-corrected chi connectivity index (χ3v) is 14.5. The molecular weight excluding hydrogens is 514 g/mol. The molecule has 0 aliphatic carbocycles. The summed E-state index contributed by atoms with van der Waals surface area (Å²) in [5.41, 5.74) is 2.18. The summed E-state index contributed by atoms with van der Waals surface area (Å²) in [4.78, 5) is 8.61. The quantitative estimate of drug-likeness (QED) is 0.385. The summed E-state index contributed by atoms with van der Waals surface area (Å²) in [5.74, 6) is 4.29. The third-order valence-electron chi connectivity index (χ3n) is 13.2. The van der Waals surface area contributed by atoms with Gasteiger partial charge in [-0.15, -0.1) is 0 Å². The summed E-state index contributed by atoms with van der Waals surface area (Å²) >= 11 is 2.23. The first-order valence-electron chi connectivity index (χ1n) is 16.8. The van der Waals surface area contributed by atoms with E-state index in [0.29, 0.717) is 16.2 Å². The lowest BCUT2D eigenvalue weighted by atomic mass is 9.58. The second kappa shape index (κ2) is 10.6. The largest absolute Gasteiger partial charge is 0.381 e. The van der Waals surface area contributed by atoms with Crippen LogP contribution in [0.1, 0.15) is 93.4 Å². The third kappa shape index (κ3) is 5.47. The molecule has 6 heteroatoms. The van der Waals surface area contributed by atoms with Crippen LogP contribution < -0.4 is 0 Å². The molecule has 0 aromatic carbocycles. The van der Waals surface area contributed by atoms with Gasteiger partial charge in [0.25, 0.3) is 0 Å². The Labute approximate surface area is 250 Å². The van der Waals surface area contributed by atoms with E-state index in [9.17, 15) is 0 Å². The standard InChI is InChI=1S/C34H61N3O2S/c1-29(2,3)37-21-28(34(22-37)14-19-40-26-34)27-20-36(17-12-33(27)13-18-38-25-33)31(6,7)9-8-30(4,5)35-15-10-32(11-16-35)23-39-24-32/h27-28H,8-26H2,1-7H3. The molecule has 3 spiro atoms. The summed E-state index contributed by atoms with van der Waals surface area (Å²) in [6.45, 7) is 29.1. The Hall–Kier alpha value is 0.150. The van der Waals surface area contributed by atoms with Crippen molar-refractivity contribution in [1.82, 2.24) is 14.7 Å². The van der Waals surface area contributed by atoms with Crippen molar-refractivity contribution in [3.05, 3.63) is 0 Å². The molecule has 6 aliphatic heterocycles. The fourth-order valence-electron chi connectivity index (χ4n) is 9.57. The minimum absolute atomic E-state index is 0.231. The second-order valence-electron chi connectivity index (χ2n) is 17.4. The van der Waals surface area contributed by atoms with Gasteiger partial charge in [-0.25, -0.2) is 0 Å². The number of ether oxygens (including phenoxy) is 2. The summed E-state index contributed by atoms with van der Waals surface area (Å²) in [5, 5.41) is 0. The van der Waals surface area contributed by atoms with Crippen LogP contribution in [0.5, 0.6) is 0 Å². The topological polar surface area (TPSA) is 28.2 Å². The number of likely N-dealkylation sites (tertiary alicyclic amines) is 3. The molecule has 6 saturated heterocycles. The average molecular weight is 576 g/mol. The Kier molecular flexibility index (Phi) is 8.04. The Morgan fingerprint density at radius 2 is 1.30 bits per heavy atom. The van der Waals surface area contributed by atoms with E-state index in [1.54, 1.807) is 0 Å². The summed E-state index contributed by atoms with van der Waals surface area (Å²) < 4.78 is 11.8. The van der Waals surface area contributed by atoms with Crippen LogP contribution in [0.2, 0.25) is 0 Å². The average Bonchev–Trinajstić information content (AvgIpc) is 3.64. The molecule has 0 aromatic heterocycles. The van der Waals surface area contributed by atoms with Crippen molar-refractivity contribution >= 4 is 11.8 Å². The smallest absolute Gasteiger partial charge is 0.0545 e. The van der Waals surface area contributed by atoms with Crippen LogP contribution in [-0.4, -0.2) is 109 Å². The molecule has 0 saturated carbocycles. The SMILES string of the molecule is CC(C)(C)N1CC(C2CN(C(C)(C)CCC(C)(C)N3CCC4(CC3)COC4)CCC23CCOC3)C2(CCSC2)C1. The highest BCUT2D eigenvalue weighted by Gasteiger charge is 2.59. The predicted octanol–water partition coefficient (Wildman–Crippen LogP) is 6.02. The van der Waals surface area contributed by atoms with Crippen molar-refractivity contribution in [3.63, 3.8) is 0 Å². The van der Waals surface area contributed by atoms with Gasteiger partial charge in [0.15, 0.2) is 0 Å². The summed E-state index contributed by atoms with van der Waals surface area (Å²) in [6.07, 6.45) is 9.24. The number of thioether (sulfide) groups is 1. The first-order chi connectivity index (χ1) is 18.8. The Bertz CT molecular complexity index is 887. The second-order valence-corrected chi connectivity index (χ2v) is 18.5. The van der Waals surface area contributed by atoms with Crippen molar-refractivity contribution < 1.29 is 9.47 Å². The molecule has 0 N–H and O–H groups in total. The van der Waals surface area contributed by atoms with E-state index in [1.165, 1.54) is 95.7 Å². The Morgan fingerprint density at radius 3 is 1.85 bits per heavy atom. The maximum absolute atomic E-state index is 6.23. The van der Waals surface area contributed by atoms with Crippen molar-refractivity contribution in [1.29, 1.82) is 0 Å². The number of hydrogen-bond acceptors (Lipinski definition) is 6. The molecular formula is C34H61N3O2S. The van der Waals surface area contributed by atoms with Gasteiger partial charge in [0, 0.05) is 59.4 Å². The minimum atomic E-state index is 0.231. The number of hydrogen-bond donors (Lipinski definition) is 0. The first kappa shape index (κ1) is 30.2. The van der Waals surface area contributed by atoms with Gasteiger partial charge in [-0.1, -0.05) is 0 Å². The molecule has 0 radical (unpaired) electrons. The van der Waals surface area contributed by atoms with Gasteiger partial charge in [0.2, 0.25) is 0 Å². The fourth-order valence-corrected chi connectivity index (χ4v) is 11.1. The first-order valence-corrected chi connectivity index (χ1v) is 17.9. The molecule has 0 bridgehead atoms. The van der Waals surface area contributed by atoms with Gasteiger partial charge in [-0.2, -0.15) is 11.8 Å². The van der Waals surface area contributed by atoms with E-state index in [2.05, 4.69) is 74.9 Å². The van der Waals surface area contributed by atoms with Crippen molar-refractivity contribution in [3.8, 4) is 0 Å². The van der Waals surface area contributed by atoms with Crippen LogP contribution in [0.3, 0.4) is 0 Å². The molecule has 6 aliphatic rings. The molecule has 6 rings (SSSR count). The van der Waals surface area contributed by atoms with Gasteiger partial charge >= 0.3 is 0 Å². The van der Waals surface area contributed by atoms with Crippen LogP contribution in [-0.2, 0) is 9.47 Å². The van der Waals surface area contributed by atoms with E-state index >= 15 is 0 Å². The Morgan fingerprint density at radius 1 is 0.675 bits per heavy atom. The minimum Gasteiger partial charge on any atom is -0.381 e. The zero-order valence-corrected chi connectivity index (χ0v) is 28.0. The van der Waals surface area contributed by atoms with E-state index in [0.717, 1.165) is 38.3 Å². The zero-order chi connectivity index (χ0) is 28.4. The number of rotatable bonds is 6. The van der Waals surface area contributed by atoms with E-state index in [4.69, 9.17) is 9.47 Å². The van der Waals surface area contributed by atoms with Crippen LogP contribution in [0, 0.1) is 28.1 Å². The normalized spacial score (nSPS) is 38.2. The molecule has 4 atom stereocenters. The van der Waals surface area contributed by atoms with E-state index in [1.807, 2.05) is 0 Å². The summed E-state index contributed by atoms with van der Waals surface area (Å²) in [6, 6.07) is 0. The van der Waals surface area contributed by atoms with E-state index < -0.39 is 0 Å². The highest BCUT2D eigenvalue weighted by Crippen LogP contribution is 2.58. The molecule has 6 fully saturated rings. The van der Waals surface area contributed by atoms with Crippen LogP contribution in [0.15, 0.2) is 0 Å². The molecule has 40 heavy (non-hydrogen) atoms. The molecule has 6 heterocycles. The van der Waals surface area contributed by atoms with E-state index in [-0.39, 0.29) is 16.6 Å². The number of piperidine rings is 2. The van der Waals surface area contributed by atoms with Crippen LogP contribution in [0.25, 0.3) is 0 Å². The molecule has 4 unspecified atom stereocenters. The van der Waals surface area contributed by atoms with Gasteiger partial charge in [-0.05, 0) is 136 Å². The highest BCUT2D eigenvalue weighted by atomic mass is 32.2. The zero-order valence-electron chi connectivity index (χ0n) is 27.2. The molecule has 230 valence electrons. The van der Waals surface area contributed by atoms with Crippen LogP contribution in [0.4, 0.5) is 0 Å². The molecule has 5 nitrogen and oxygen atoms in total. The Balaban J connectivity index is 1.16. The number of nitrogens with zero attached hydrogens (tertiary/aromatic N) is 3. The monoisotopic (exact) mass is 575 g/mol. The van der Waals surface area contributed by atoms with Gasteiger partial charge < -0.3 is 9.47 Å².